The Kier molecular flexibility index (Phi) is 5.55. The van der Waals surface area contributed by atoms with Crippen LogP contribution in [0.5, 0.6) is 0 Å². The van der Waals surface area contributed by atoms with Crippen molar-refractivity contribution in [2.24, 2.45) is 0 Å². The number of amides is 2. The van der Waals surface area contributed by atoms with Crippen molar-refractivity contribution in [3.8, 4) is 0 Å². The van der Waals surface area contributed by atoms with Crippen molar-refractivity contribution in [1.82, 2.24) is 4.90 Å². The van der Waals surface area contributed by atoms with E-state index in [1.807, 2.05) is 0 Å². The molecule has 0 unspecified atom stereocenters. The van der Waals surface area contributed by atoms with Gasteiger partial charge in [0.25, 0.3) is 11.8 Å². The van der Waals surface area contributed by atoms with Crippen LogP contribution in [0.1, 0.15) is 71.9 Å². The molecule has 1 aliphatic rings. The molecular formula is C23H24FNO4. The van der Waals surface area contributed by atoms with Gasteiger partial charge in [-0.1, -0.05) is 31.2 Å². The number of hydrogen-bond donors (Lipinski definition) is 0. The number of benzene rings is 2. The van der Waals surface area contributed by atoms with Crippen LogP contribution in [-0.4, -0.2) is 28.3 Å². The molecule has 0 N–H and O–H groups in total. The SMILES string of the molecule is C[C@@H](CC(=O)OC(C)(C)C)c1cccc(F)c1CN1C(=O)c2ccccc2C1=O. The van der Waals surface area contributed by atoms with Crippen LogP contribution in [-0.2, 0) is 16.1 Å². The topological polar surface area (TPSA) is 63.7 Å². The molecule has 152 valence electrons. The summed E-state index contributed by atoms with van der Waals surface area (Å²) >= 11 is 0. The quantitative estimate of drug-likeness (QED) is 0.552. The van der Waals surface area contributed by atoms with Crippen molar-refractivity contribution in [2.75, 3.05) is 0 Å². The van der Waals surface area contributed by atoms with Gasteiger partial charge < -0.3 is 4.74 Å². The summed E-state index contributed by atoms with van der Waals surface area (Å²) < 4.78 is 20.0. The van der Waals surface area contributed by atoms with E-state index in [1.54, 1.807) is 64.1 Å². The van der Waals surface area contributed by atoms with Gasteiger partial charge in [-0.15, -0.1) is 0 Å². The summed E-state index contributed by atoms with van der Waals surface area (Å²) in [5.74, 6) is -2.14. The Labute approximate surface area is 169 Å². The van der Waals surface area contributed by atoms with E-state index in [-0.39, 0.29) is 30.4 Å². The van der Waals surface area contributed by atoms with E-state index in [1.165, 1.54) is 6.07 Å². The average molecular weight is 397 g/mol. The lowest BCUT2D eigenvalue weighted by molar-refractivity contribution is -0.155. The molecule has 2 aromatic rings. The Morgan fingerprint density at radius 2 is 1.62 bits per heavy atom. The van der Waals surface area contributed by atoms with Crippen LogP contribution in [0, 0.1) is 5.82 Å². The molecule has 3 rings (SSSR count). The first kappa shape index (κ1) is 20.7. The second kappa shape index (κ2) is 7.78. The first-order chi connectivity index (χ1) is 13.6. The predicted octanol–water partition coefficient (Wildman–Crippen LogP) is 4.46. The number of ether oxygens (including phenoxy) is 1. The lowest BCUT2D eigenvalue weighted by Gasteiger charge is -2.23. The first-order valence-electron chi connectivity index (χ1n) is 9.53. The highest BCUT2D eigenvalue weighted by molar-refractivity contribution is 6.21. The molecule has 0 aromatic heterocycles. The average Bonchev–Trinajstić information content (AvgIpc) is 2.86. The molecule has 0 spiro atoms. The molecule has 0 radical (unpaired) electrons. The molecule has 0 bridgehead atoms. The summed E-state index contributed by atoms with van der Waals surface area (Å²) in [6.45, 7) is 6.96. The van der Waals surface area contributed by atoms with Gasteiger partial charge in [-0.3, -0.25) is 19.3 Å². The smallest absolute Gasteiger partial charge is 0.306 e. The summed E-state index contributed by atoms with van der Waals surface area (Å²) in [7, 11) is 0. The molecule has 0 aliphatic carbocycles. The van der Waals surface area contributed by atoms with Crippen LogP contribution < -0.4 is 0 Å². The molecule has 1 atom stereocenters. The number of hydrogen-bond acceptors (Lipinski definition) is 4. The highest BCUT2D eigenvalue weighted by atomic mass is 19.1. The minimum absolute atomic E-state index is 0.0653. The third kappa shape index (κ3) is 4.36. The molecule has 0 saturated carbocycles. The Hall–Kier alpha value is -3.02. The summed E-state index contributed by atoms with van der Waals surface area (Å²) in [5.41, 5.74) is 0.835. The van der Waals surface area contributed by atoms with Gasteiger partial charge in [0, 0.05) is 5.56 Å². The number of rotatable bonds is 5. The zero-order valence-electron chi connectivity index (χ0n) is 17.0. The van der Waals surface area contributed by atoms with Crippen molar-refractivity contribution in [2.45, 2.75) is 52.2 Å². The van der Waals surface area contributed by atoms with Gasteiger partial charge in [-0.2, -0.15) is 0 Å². The van der Waals surface area contributed by atoms with E-state index in [0.717, 1.165) is 4.90 Å². The third-order valence-corrected chi connectivity index (χ3v) is 4.77. The lowest BCUT2D eigenvalue weighted by Crippen LogP contribution is -2.30. The Balaban J connectivity index is 1.85. The van der Waals surface area contributed by atoms with Crippen LogP contribution in [0.2, 0.25) is 0 Å². The molecule has 6 heteroatoms. The number of nitrogens with zero attached hydrogens (tertiary/aromatic N) is 1. The van der Waals surface area contributed by atoms with E-state index >= 15 is 0 Å². The second-order valence-corrected chi connectivity index (χ2v) is 8.24. The molecule has 5 nitrogen and oxygen atoms in total. The van der Waals surface area contributed by atoms with Crippen LogP contribution in [0.25, 0.3) is 0 Å². The fraction of sp³-hybridized carbons (Fsp3) is 0.348. The fourth-order valence-electron chi connectivity index (χ4n) is 3.49. The molecule has 0 saturated heterocycles. The maximum absolute atomic E-state index is 14.7. The Morgan fingerprint density at radius 1 is 1.03 bits per heavy atom. The van der Waals surface area contributed by atoms with Crippen LogP contribution in [0.3, 0.4) is 0 Å². The van der Waals surface area contributed by atoms with Gasteiger partial charge in [0.05, 0.1) is 24.1 Å². The zero-order valence-corrected chi connectivity index (χ0v) is 17.0. The summed E-state index contributed by atoms with van der Waals surface area (Å²) in [5, 5.41) is 0. The van der Waals surface area contributed by atoms with Crippen molar-refractivity contribution in [3.05, 3.63) is 70.5 Å². The van der Waals surface area contributed by atoms with E-state index in [4.69, 9.17) is 4.74 Å². The number of fused-ring (bicyclic) bond motifs is 1. The molecular weight excluding hydrogens is 373 g/mol. The minimum atomic E-state index is -0.609. The number of carbonyl (C=O) groups is 3. The molecule has 1 aliphatic heterocycles. The van der Waals surface area contributed by atoms with E-state index in [0.29, 0.717) is 16.7 Å². The largest absolute Gasteiger partial charge is 0.460 e. The molecule has 0 fully saturated rings. The van der Waals surface area contributed by atoms with Crippen molar-refractivity contribution >= 4 is 17.8 Å². The van der Waals surface area contributed by atoms with Crippen molar-refractivity contribution < 1.29 is 23.5 Å². The standard InChI is InChI=1S/C23H24FNO4/c1-14(12-20(26)29-23(2,3)4)15-10-7-11-19(24)18(15)13-25-21(27)16-8-5-6-9-17(16)22(25)28/h5-11,14H,12-13H2,1-4H3/t14-/m0/s1. The molecule has 2 aromatic carbocycles. The van der Waals surface area contributed by atoms with Gasteiger partial charge in [0.2, 0.25) is 0 Å². The van der Waals surface area contributed by atoms with Gasteiger partial charge in [-0.05, 0) is 50.5 Å². The maximum Gasteiger partial charge on any atom is 0.306 e. The van der Waals surface area contributed by atoms with Gasteiger partial charge in [-0.25, -0.2) is 4.39 Å². The lowest BCUT2D eigenvalue weighted by atomic mass is 9.92. The Morgan fingerprint density at radius 3 is 2.17 bits per heavy atom. The maximum atomic E-state index is 14.7. The number of carbonyl (C=O) groups excluding carboxylic acids is 3. The van der Waals surface area contributed by atoms with Crippen molar-refractivity contribution in [3.63, 3.8) is 0 Å². The number of halogens is 1. The molecule has 29 heavy (non-hydrogen) atoms. The molecule has 1 heterocycles. The number of esters is 1. The number of imide groups is 1. The third-order valence-electron chi connectivity index (χ3n) is 4.77. The van der Waals surface area contributed by atoms with Crippen LogP contribution in [0.4, 0.5) is 4.39 Å². The van der Waals surface area contributed by atoms with Gasteiger partial charge >= 0.3 is 5.97 Å². The predicted molar refractivity (Wildman–Crippen MR) is 106 cm³/mol. The van der Waals surface area contributed by atoms with E-state index in [9.17, 15) is 18.8 Å². The van der Waals surface area contributed by atoms with E-state index < -0.39 is 23.2 Å². The second-order valence-electron chi connectivity index (χ2n) is 8.24. The monoisotopic (exact) mass is 397 g/mol. The minimum Gasteiger partial charge on any atom is -0.460 e. The molecule has 2 amide bonds. The normalized spacial score (nSPS) is 14.7. The van der Waals surface area contributed by atoms with E-state index in [2.05, 4.69) is 0 Å². The van der Waals surface area contributed by atoms with Crippen molar-refractivity contribution in [1.29, 1.82) is 0 Å². The van der Waals surface area contributed by atoms with Crippen LogP contribution in [0.15, 0.2) is 42.5 Å². The Bertz CT molecular complexity index is 942. The summed E-state index contributed by atoms with van der Waals surface area (Å²) in [6, 6.07) is 11.1. The summed E-state index contributed by atoms with van der Waals surface area (Å²) in [4.78, 5) is 38.5. The van der Waals surface area contributed by atoms with Gasteiger partial charge in [0.1, 0.15) is 11.4 Å². The highest BCUT2D eigenvalue weighted by Gasteiger charge is 2.36. The van der Waals surface area contributed by atoms with Gasteiger partial charge in [0.15, 0.2) is 0 Å². The zero-order chi connectivity index (χ0) is 21.3. The fourth-order valence-corrected chi connectivity index (χ4v) is 3.49. The highest BCUT2D eigenvalue weighted by Crippen LogP contribution is 2.30. The van der Waals surface area contributed by atoms with Crippen LogP contribution >= 0.6 is 0 Å². The first-order valence-corrected chi connectivity index (χ1v) is 9.53. The summed E-state index contributed by atoms with van der Waals surface area (Å²) in [6.07, 6.45) is 0.0653.